The van der Waals surface area contributed by atoms with Crippen LogP contribution in [0.15, 0.2) is 24.5 Å². The Morgan fingerprint density at radius 1 is 1.50 bits per heavy atom. The van der Waals surface area contributed by atoms with Gasteiger partial charge in [0.2, 0.25) is 5.91 Å². The highest BCUT2D eigenvalue weighted by Crippen LogP contribution is 2.38. The molecule has 0 bridgehead atoms. The molecule has 1 aliphatic carbocycles. The number of aryl methyl sites for hydroxylation is 1. The molecule has 1 unspecified atom stereocenters. The second-order valence-corrected chi connectivity index (χ2v) is 6.18. The van der Waals surface area contributed by atoms with Gasteiger partial charge in [0.15, 0.2) is 0 Å². The Morgan fingerprint density at radius 2 is 2.40 bits per heavy atom. The summed E-state index contributed by atoms with van der Waals surface area (Å²) in [7, 11) is 0. The highest BCUT2D eigenvalue weighted by molar-refractivity contribution is 5.76. The number of rotatable bonds is 4. The van der Waals surface area contributed by atoms with Crippen LogP contribution in [-0.2, 0) is 11.2 Å². The molecule has 108 valence electrons. The zero-order valence-corrected chi connectivity index (χ0v) is 11.9. The van der Waals surface area contributed by atoms with E-state index in [0.29, 0.717) is 18.0 Å². The molecule has 1 saturated carbocycles. The molecule has 2 N–H and O–H groups in total. The van der Waals surface area contributed by atoms with Gasteiger partial charge in [-0.05, 0) is 56.7 Å². The van der Waals surface area contributed by atoms with E-state index >= 15 is 0 Å². The van der Waals surface area contributed by atoms with E-state index in [1.807, 2.05) is 18.3 Å². The minimum Gasteiger partial charge on any atom is -0.353 e. The standard InChI is InChI=1S/C16H23N3O/c20-15(5-4-13-3-1-9-17-12-13)19-14-6-10-18-16(11-14)7-2-8-16/h1,3,9,12,14,18H,2,4-8,10-11H2,(H,19,20). The molecule has 3 rings (SSSR count). The molecule has 0 radical (unpaired) electrons. The van der Waals surface area contributed by atoms with Gasteiger partial charge in [0.1, 0.15) is 0 Å². The first-order chi connectivity index (χ1) is 9.76. The normalized spacial score (nSPS) is 24.1. The van der Waals surface area contributed by atoms with Crippen LogP contribution in [0.1, 0.15) is 44.1 Å². The van der Waals surface area contributed by atoms with Crippen LogP contribution in [-0.4, -0.2) is 29.0 Å². The Kier molecular flexibility index (Phi) is 4.01. The van der Waals surface area contributed by atoms with E-state index in [4.69, 9.17) is 0 Å². The fraction of sp³-hybridized carbons (Fsp3) is 0.625. The summed E-state index contributed by atoms with van der Waals surface area (Å²) in [6, 6.07) is 4.30. The van der Waals surface area contributed by atoms with E-state index in [9.17, 15) is 4.79 Å². The van der Waals surface area contributed by atoms with Crippen molar-refractivity contribution in [2.45, 2.75) is 56.5 Å². The van der Waals surface area contributed by atoms with Crippen LogP contribution in [0.2, 0.25) is 0 Å². The lowest BCUT2D eigenvalue weighted by atomic mass is 9.70. The van der Waals surface area contributed by atoms with Gasteiger partial charge >= 0.3 is 0 Å². The molecule has 1 aromatic heterocycles. The summed E-state index contributed by atoms with van der Waals surface area (Å²) in [6.45, 7) is 1.04. The molecule has 2 fully saturated rings. The number of carbonyl (C=O) groups excluding carboxylic acids is 1. The summed E-state index contributed by atoms with van der Waals surface area (Å²) in [4.78, 5) is 16.1. The van der Waals surface area contributed by atoms with Crippen molar-refractivity contribution in [3.63, 3.8) is 0 Å². The Morgan fingerprint density at radius 3 is 3.10 bits per heavy atom. The van der Waals surface area contributed by atoms with Crippen LogP contribution in [0.4, 0.5) is 0 Å². The molecule has 1 aromatic rings. The van der Waals surface area contributed by atoms with Crippen molar-refractivity contribution in [1.29, 1.82) is 0 Å². The van der Waals surface area contributed by atoms with E-state index in [2.05, 4.69) is 15.6 Å². The van der Waals surface area contributed by atoms with Gasteiger partial charge in [-0.2, -0.15) is 0 Å². The average Bonchev–Trinajstić information content (AvgIpc) is 2.45. The largest absolute Gasteiger partial charge is 0.353 e. The minimum absolute atomic E-state index is 0.176. The summed E-state index contributed by atoms with van der Waals surface area (Å²) in [6.07, 6.45) is 11.0. The SMILES string of the molecule is O=C(CCc1cccnc1)NC1CCNC2(CCC2)C1. The third-order valence-electron chi connectivity index (χ3n) is 4.67. The van der Waals surface area contributed by atoms with Crippen molar-refractivity contribution in [3.8, 4) is 0 Å². The molecule has 1 amide bonds. The number of nitrogens with zero attached hydrogens (tertiary/aromatic N) is 1. The lowest BCUT2D eigenvalue weighted by Crippen LogP contribution is -2.59. The highest BCUT2D eigenvalue weighted by atomic mass is 16.1. The van der Waals surface area contributed by atoms with Gasteiger partial charge in [-0.3, -0.25) is 9.78 Å². The molecule has 20 heavy (non-hydrogen) atoms. The van der Waals surface area contributed by atoms with E-state index in [-0.39, 0.29) is 5.91 Å². The molecule has 4 heteroatoms. The predicted octanol–water partition coefficient (Wildman–Crippen LogP) is 1.81. The third-order valence-corrected chi connectivity index (χ3v) is 4.67. The minimum atomic E-state index is 0.176. The zero-order valence-electron chi connectivity index (χ0n) is 11.9. The molecule has 1 atom stereocenters. The van der Waals surface area contributed by atoms with Gasteiger partial charge in [0, 0.05) is 30.4 Å². The highest BCUT2D eigenvalue weighted by Gasteiger charge is 2.41. The smallest absolute Gasteiger partial charge is 0.220 e. The monoisotopic (exact) mass is 273 g/mol. The van der Waals surface area contributed by atoms with Crippen LogP contribution in [0.25, 0.3) is 0 Å². The summed E-state index contributed by atoms with van der Waals surface area (Å²) in [5.74, 6) is 0.176. The van der Waals surface area contributed by atoms with Gasteiger partial charge in [0.05, 0.1) is 0 Å². The lowest BCUT2D eigenvalue weighted by molar-refractivity contribution is -0.122. The maximum atomic E-state index is 12.1. The van der Waals surface area contributed by atoms with E-state index in [1.54, 1.807) is 6.20 Å². The van der Waals surface area contributed by atoms with E-state index in [1.165, 1.54) is 19.3 Å². The van der Waals surface area contributed by atoms with Crippen LogP contribution in [0.3, 0.4) is 0 Å². The van der Waals surface area contributed by atoms with Crippen molar-refractivity contribution in [1.82, 2.24) is 15.6 Å². The fourth-order valence-electron chi connectivity index (χ4n) is 3.37. The first-order valence-corrected chi connectivity index (χ1v) is 7.69. The number of aromatic nitrogens is 1. The van der Waals surface area contributed by atoms with E-state index in [0.717, 1.165) is 31.4 Å². The van der Waals surface area contributed by atoms with Crippen molar-refractivity contribution in [2.24, 2.45) is 0 Å². The molecule has 1 aliphatic heterocycles. The molecular weight excluding hydrogens is 250 g/mol. The average molecular weight is 273 g/mol. The number of piperidine rings is 1. The molecule has 1 spiro atoms. The van der Waals surface area contributed by atoms with E-state index < -0.39 is 0 Å². The van der Waals surface area contributed by atoms with Gasteiger partial charge in [0.25, 0.3) is 0 Å². The second kappa shape index (κ2) is 5.92. The van der Waals surface area contributed by atoms with Crippen molar-refractivity contribution in [2.75, 3.05) is 6.54 Å². The number of hydrogen-bond acceptors (Lipinski definition) is 3. The lowest BCUT2D eigenvalue weighted by Gasteiger charge is -2.48. The Labute approximate surface area is 120 Å². The number of pyridine rings is 1. The zero-order chi connectivity index (χ0) is 13.8. The summed E-state index contributed by atoms with van der Waals surface area (Å²) >= 11 is 0. The third kappa shape index (κ3) is 3.18. The van der Waals surface area contributed by atoms with Crippen molar-refractivity contribution >= 4 is 5.91 Å². The maximum Gasteiger partial charge on any atom is 0.220 e. The topological polar surface area (TPSA) is 54.0 Å². The first-order valence-electron chi connectivity index (χ1n) is 7.69. The van der Waals surface area contributed by atoms with Gasteiger partial charge in [-0.15, -0.1) is 0 Å². The first kappa shape index (κ1) is 13.6. The quantitative estimate of drug-likeness (QED) is 0.879. The van der Waals surface area contributed by atoms with Gasteiger partial charge < -0.3 is 10.6 Å². The molecule has 4 nitrogen and oxygen atoms in total. The van der Waals surface area contributed by atoms with Crippen molar-refractivity contribution < 1.29 is 4.79 Å². The fourth-order valence-corrected chi connectivity index (χ4v) is 3.37. The summed E-state index contributed by atoms with van der Waals surface area (Å²) in [5, 5.41) is 6.85. The van der Waals surface area contributed by atoms with Gasteiger partial charge in [-0.25, -0.2) is 0 Å². The number of nitrogens with one attached hydrogen (secondary N) is 2. The number of amides is 1. The summed E-state index contributed by atoms with van der Waals surface area (Å²) < 4.78 is 0. The van der Waals surface area contributed by atoms with Crippen LogP contribution in [0.5, 0.6) is 0 Å². The Bertz CT molecular complexity index is 456. The van der Waals surface area contributed by atoms with Crippen molar-refractivity contribution in [3.05, 3.63) is 30.1 Å². The van der Waals surface area contributed by atoms with Crippen LogP contribution in [0, 0.1) is 0 Å². The second-order valence-electron chi connectivity index (χ2n) is 6.18. The molecule has 0 aromatic carbocycles. The molecule has 2 heterocycles. The molecule has 2 aliphatic rings. The molecular formula is C16H23N3O. The van der Waals surface area contributed by atoms with Crippen LogP contribution >= 0.6 is 0 Å². The Balaban J connectivity index is 1.44. The molecule has 1 saturated heterocycles. The van der Waals surface area contributed by atoms with Gasteiger partial charge in [-0.1, -0.05) is 6.07 Å². The maximum absolute atomic E-state index is 12.1. The number of carbonyl (C=O) groups is 1. The predicted molar refractivity (Wildman–Crippen MR) is 78.3 cm³/mol. The number of hydrogen-bond donors (Lipinski definition) is 2. The van der Waals surface area contributed by atoms with Crippen LogP contribution < -0.4 is 10.6 Å². The summed E-state index contributed by atoms with van der Waals surface area (Å²) in [5.41, 5.74) is 1.47. The Hall–Kier alpha value is -1.42.